The summed E-state index contributed by atoms with van der Waals surface area (Å²) >= 11 is 0. The maximum Gasteiger partial charge on any atom is 0.191 e. The molecule has 1 unspecified atom stereocenters. The van der Waals surface area contributed by atoms with E-state index in [2.05, 4.69) is 15.6 Å². The molecule has 0 aromatic heterocycles. The molecule has 1 atom stereocenters. The van der Waals surface area contributed by atoms with E-state index in [4.69, 9.17) is 9.47 Å². The average Bonchev–Trinajstić information content (AvgIpc) is 3.28. The fourth-order valence-electron chi connectivity index (χ4n) is 1.77. The van der Waals surface area contributed by atoms with Gasteiger partial charge in [-0.1, -0.05) is 0 Å². The van der Waals surface area contributed by atoms with E-state index >= 15 is 0 Å². The van der Waals surface area contributed by atoms with E-state index in [9.17, 15) is 5.11 Å². The number of ether oxygens (including phenoxy) is 2. The minimum absolute atomic E-state index is 0. The molecular formula is C15H32IN3O3. The number of aliphatic hydroxyl groups is 1. The number of halogens is 1. The van der Waals surface area contributed by atoms with E-state index in [0.717, 1.165) is 51.2 Å². The molecule has 0 spiro atoms. The Hall–Kier alpha value is -0.120. The topological polar surface area (TPSA) is 75.1 Å². The maximum atomic E-state index is 9.83. The standard InChI is InChI=1S/C15H31N3O3.HI/c1-3-16-15(17-8-5-9-20-4-2)18-10-14(19)12-21-11-13-6-7-13;/h13-14,19H,3-12H2,1-2H3,(H2,16,17,18);1H. The summed E-state index contributed by atoms with van der Waals surface area (Å²) in [6.07, 6.45) is 2.93. The van der Waals surface area contributed by atoms with Crippen molar-refractivity contribution >= 4 is 29.9 Å². The van der Waals surface area contributed by atoms with Crippen LogP contribution in [0.25, 0.3) is 0 Å². The fraction of sp³-hybridized carbons (Fsp3) is 0.933. The van der Waals surface area contributed by atoms with Crippen LogP contribution < -0.4 is 10.6 Å². The van der Waals surface area contributed by atoms with Crippen LogP contribution in [0.15, 0.2) is 4.99 Å². The Morgan fingerprint density at radius 1 is 1.27 bits per heavy atom. The number of hydrogen-bond donors (Lipinski definition) is 3. The number of rotatable bonds is 12. The van der Waals surface area contributed by atoms with Crippen molar-refractivity contribution in [3.05, 3.63) is 0 Å². The lowest BCUT2D eigenvalue weighted by atomic mass is 10.4. The molecule has 0 aromatic rings. The molecule has 0 amide bonds. The zero-order valence-corrected chi connectivity index (χ0v) is 16.2. The normalized spacial score (nSPS) is 16.0. The zero-order valence-electron chi connectivity index (χ0n) is 13.8. The first-order valence-electron chi connectivity index (χ1n) is 8.12. The van der Waals surface area contributed by atoms with Crippen molar-refractivity contribution in [3.8, 4) is 0 Å². The summed E-state index contributed by atoms with van der Waals surface area (Å²) < 4.78 is 10.7. The summed E-state index contributed by atoms with van der Waals surface area (Å²) in [5, 5.41) is 16.2. The van der Waals surface area contributed by atoms with Gasteiger partial charge in [0.05, 0.1) is 19.3 Å². The summed E-state index contributed by atoms with van der Waals surface area (Å²) in [6, 6.07) is 0. The Bertz CT molecular complexity index is 289. The minimum atomic E-state index is -0.539. The number of nitrogens with one attached hydrogen (secondary N) is 2. The number of hydrogen-bond acceptors (Lipinski definition) is 4. The van der Waals surface area contributed by atoms with E-state index < -0.39 is 6.10 Å². The molecule has 1 aliphatic carbocycles. The second-order valence-electron chi connectivity index (χ2n) is 5.33. The number of aliphatic imine (C=N–C) groups is 1. The average molecular weight is 429 g/mol. The molecule has 0 bridgehead atoms. The second-order valence-corrected chi connectivity index (χ2v) is 5.33. The molecule has 1 saturated carbocycles. The summed E-state index contributed by atoms with van der Waals surface area (Å²) in [5.41, 5.74) is 0. The van der Waals surface area contributed by atoms with Crippen LogP contribution in [0, 0.1) is 5.92 Å². The van der Waals surface area contributed by atoms with E-state index in [1.165, 1.54) is 12.8 Å². The van der Waals surface area contributed by atoms with Gasteiger partial charge in [0.15, 0.2) is 5.96 Å². The number of guanidine groups is 1. The van der Waals surface area contributed by atoms with Crippen molar-refractivity contribution < 1.29 is 14.6 Å². The third kappa shape index (κ3) is 12.4. The third-order valence-corrected chi connectivity index (χ3v) is 3.13. The number of aliphatic hydroxyl groups excluding tert-OH is 1. The first-order valence-corrected chi connectivity index (χ1v) is 8.12. The monoisotopic (exact) mass is 429 g/mol. The summed E-state index contributed by atoms with van der Waals surface area (Å²) in [6.45, 7) is 8.61. The molecule has 0 radical (unpaired) electrons. The zero-order chi connectivity index (χ0) is 15.3. The molecule has 0 aliphatic heterocycles. The lowest BCUT2D eigenvalue weighted by Gasteiger charge is -2.13. The molecule has 132 valence electrons. The van der Waals surface area contributed by atoms with Gasteiger partial charge in [0.1, 0.15) is 0 Å². The second kappa shape index (κ2) is 14.5. The Kier molecular flexibility index (Phi) is 14.4. The molecule has 22 heavy (non-hydrogen) atoms. The van der Waals surface area contributed by atoms with Crippen molar-refractivity contribution in [1.82, 2.24) is 10.6 Å². The van der Waals surface area contributed by atoms with Gasteiger partial charge in [0.25, 0.3) is 0 Å². The van der Waals surface area contributed by atoms with Crippen LogP contribution in [0.5, 0.6) is 0 Å². The van der Waals surface area contributed by atoms with E-state index in [1.54, 1.807) is 0 Å². The van der Waals surface area contributed by atoms with Crippen LogP contribution in [0.1, 0.15) is 33.1 Å². The lowest BCUT2D eigenvalue weighted by molar-refractivity contribution is 0.0368. The van der Waals surface area contributed by atoms with E-state index in [-0.39, 0.29) is 24.0 Å². The molecule has 3 N–H and O–H groups in total. The minimum Gasteiger partial charge on any atom is -0.389 e. The quantitative estimate of drug-likeness (QED) is 0.189. The third-order valence-electron chi connectivity index (χ3n) is 3.13. The Morgan fingerprint density at radius 3 is 2.68 bits per heavy atom. The van der Waals surface area contributed by atoms with Gasteiger partial charge >= 0.3 is 0 Å². The number of nitrogens with zero attached hydrogens (tertiary/aromatic N) is 1. The highest BCUT2D eigenvalue weighted by molar-refractivity contribution is 14.0. The van der Waals surface area contributed by atoms with Gasteiger partial charge in [0.2, 0.25) is 0 Å². The van der Waals surface area contributed by atoms with Crippen LogP contribution in [0.3, 0.4) is 0 Å². The molecule has 1 rings (SSSR count). The van der Waals surface area contributed by atoms with E-state index in [0.29, 0.717) is 13.2 Å². The van der Waals surface area contributed by atoms with Crippen LogP contribution in [-0.2, 0) is 9.47 Å². The van der Waals surface area contributed by atoms with Gasteiger partial charge in [0, 0.05) is 32.9 Å². The highest BCUT2D eigenvalue weighted by atomic mass is 127. The van der Waals surface area contributed by atoms with Gasteiger partial charge in [-0.3, -0.25) is 4.99 Å². The fourth-order valence-corrected chi connectivity index (χ4v) is 1.77. The maximum absolute atomic E-state index is 9.83. The van der Waals surface area contributed by atoms with Crippen LogP contribution >= 0.6 is 24.0 Å². The van der Waals surface area contributed by atoms with Crippen molar-refractivity contribution in [2.75, 3.05) is 46.1 Å². The van der Waals surface area contributed by atoms with Gasteiger partial charge in [-0.25, -0.2) is 0 Å². The van der Waals surface area contributed by atoms with Gasteiger partial charge < -0.3 is 25.2 Å². The van der Waals surface area contributed by atoms with Gasteiger partial charge in [-0.15, -0.1) is 24.0 Å². The first kappa shape index (κ1) is 21.9. The van der Waals surface area contributed by atoms with Crippen LogP contribution in [-0.4, -0.2) is 63.2 Å². The molecule has 0 aromatic carbocycles. The van der Waals surface area contributed by atoms with Gasteiger partial charge in [-0.2, -0.15) is 0 Å². The molecule has 1 aliphatic rings. The van der Waals surface area contributed by atoms with Crippen molar-refractivity contribution in [3.63, 3.8) is 0 Å². The highest BCUT2D eigenvalue weighted by Gasteiger charge is 2.21. The summed E-state index contributed by atoms with van der Waals surface area (Å²) in [4.78, 5) is 4.37. The predicted octanol–water partition coefficient (Wildman–Crippen LogP) is 1.37. The van der Waals surface area contributed by atoms with Crippen molar-refractivity contribution in [1.29, 1.82) is 0 Å². The molecule has 6 nitrogen and oxygen atoms in total. The van der Waals surface area contributed by atoms with Crippen molar-refractivity contribution in [2.45, 2.75) is 39.2 Å². The Morgan fingerprint density at radius 2 is 2.05 bits per heavy atom. The molecule has 0 saturated heterocycles. The smallest absolute Gasteiger partial charge is 0.191 e. The molecule has 7 heteroatoms. The molecular weight excluding hydrogens is 397 g/mol. The van der Waals surface area contributed by atoms with Crippen LogP contribution in [0.4, 0.5) is 0 Å². The SMILES string of the molecule is CCNC(=NCC(O)COCC1CC1)NCCCOCC.I. The first-order chi connectivity index (χ1) is 10.3. The molecule has 0 heterocycles. The van der Waals surface area contributed by atoms with Crippen LogP contribution in [0.2, 0.25) is 0 Å². The molecule has 1 fully saturated rings. The largest absolute Gasteiger partial charge is 0.389 e. The summed E-state index contributed by atoms with van der Waals surface area (Å²) in [7, 11) is 0. The predicted molar refractivity (Wildman–Crippen MR) is 100 cm³/mol. The summed E-state index contributed by atoms with van der Waals surface area (Å²) in [5.74, 6) is 1.46. The van der Waals surface area contributed by atoms with Crippen molar-refractivity contribution in [2.24, 2.45) is 10.9 Å². The lowest BCUT2D eigenvalue weighted by Crippen LogP contribution is -2.39. The Labute approximate surface area is 151 Å². The van der Waals surface area contributed by atoms with E-state index in [1.807, 2.05) is 13.8 Å². The highest BCUT2D eigenvalue weighted by Crippen LogP contribution is 2.28. The van der Waals surface area contributed by atoms with Gasteiger partial charge in [-0.05, 0) is 39.0 Å². The Balaban J connectivity index is 0.00000441.